The van der Waals surface area contributed by atoms with Crippen molar-refractivity contribution in [2.75, 3.05) is 36.9 Å². The number of rotatable bonds is 10. The van der Waals surface area contributed by atoms with Gasteiger partial charge in [0.25, 0.3) is 0 Å². The van der Waals surface area contributed by atoms with Crippen LogP contribution in [0.3, 0.4) is 0 Å². The third-order valence-corrected chi connectivity index (χ3v) is 2.61. The molecule has 0 aliphatic heterocycles. The molecule has 20 heavy (non-hydrogen) atoms. The molecule has 0 fully saturated rings. The maximum Gasteiger partial charge on any atom is 0.311 e. The van der Waals surface area contributed by atoms with Crippen LogP contribution in [-0.4, -0.2) is 36.2 Å². The molecular formula is C13H22N4O3. The lowest BCUT2D eigenvalue weighted by molar-refractivity contribution is -0.384. The fraction of sp³-hybridized carbons (Fsp3) is 0.615. The van der Waals surface area contributed by atoms with Crippen LogP contribution in [0.5, 0.6) is 0 Å². The Labute approximate surface area is 118 Å². The molecule has 0 aromatic carbocycles. The van der Waals surface area contributed by atoms with Gasteiger partial charge in [-0.25, -0.2) is 4.98 Å². The van der Waals surface area contributed by atoms with Gasteiger partial charge >= 0.3 is 5.69 Å². The molecule has 0 bridgehead atoms. The van der Waals surface area contributed by atoms with E-state index in [4.69, 9.17) is 4.74 Å². The number of nitrogens with zero attached hydrogens (tertiary/aromatic N) is 2. The van der Waals surface area contributed by atoms with Crippen molar-refractivity contribution in [1.29, 1.82) is 0 Å². The van der Waals surface area contributed by atoms with E-state index < -0.39 is 4.92 Å². The van der Waals surface area contributed by atoms with Crippen molar-refractivity contribution in [2.45, 2.75) is 26.7 Å². The zero-order valence-corrected chi connectivity index (χ0v) is 12.0. The molecule has 1 heterocycles. The van der Waals surface area contributed by atoms with E-state index in [1.54, 1.807) is 6.07 Å². The van der Waals surface area contributed by atoms with E-state index >= 15 is 0 Å². The molecule has 1 aromatic heterocycles. The number of anilines is 2. The first-order chi connectivity index (χ1) is 9.69. The van der Waals surface area contributed by atoms with E-state index in [2.05, 4.69) is 22.5 Å². The summed E-state index contributed by atoms with van der Waals surface area (Å²) in [5.74, 6) is 0.889. The predicted octanol–water partition coefficient (Wildman–Crippen LogP) is 2.65. The molecule has 0 saturated heterocycles. The molecule has 0 saturated carbocycles. The molecule has 0 aliphatic rings. The number of unbranched alkanes of at least 4 members (excludes halogenated alkanes) is 1. The van der Waals surface area contributed by atoms with Crippen LogP contribution < -0.4 is 10.6 Å². The predicted molar refractivity (Wildman–Crippen MR) is 79.3 cm³/mol. The number of nitro groups is 1. The van der Waals surface area contributed by atoms with Crippen LogP contribution in [-0.2, 0) is 4.74 Å². The summed E-state index contributed by atoms with van der Waals surface area (Å²) in [6.45, 7) is 6.46. The topological polar surface area (TPSA) is 89.3 Å². The minimum Gasteiger partial charge on any atom is -0.380 e. The first-order valence-electron chi connectivity index (χ1n) is 6.90. The second-order valence-electron chi connectivity index (χ2n) is 4.24. The van der Waals surface area contributed by atoms with Gasteiger partial charge in [0.1, 0.15) is 5.82 Å². The van der Waals surface area contributed by atoms with E-state index in [0.717, 1.165) is 12.8 Å². The van der Waals surface area contributed by atoms with Crippen LogP contribution in [0.2, 0.25) is 0 Å². The van der Waals surface area contributed by atoms with Crippen molar-refractivity contribution < 1.29 is 9.66 Å². The van der Waals surface area contributed by atoms with Gasteiger partial charge in [0.05, 0.1) is 11.5 Å². The van der Waals surface area contributed by atoms with Gasteiger partial charge in [0, 0.05) is 25.8 Å². The maximum atomic E-state index is 10.9. The third-order valence-electron chi connectivity index (χ3n) is 2.61. The highest BCUT2D eigenvalue weighted by atomic mass is 16.6. The summed E-state index contributed by atoms with van der Waals surface area (Å²) in [6.07, 6.45) is 2.11. The van der Waals surface area contributed by atoms with Crippen molar-refractivity contribution in [3.05, 3.63) is 22.2 Å². The van der Waals surface area contributed by atoms with Gasteiger partial charge in [0.15, 0.2) is 0 Å². The van der Waals surface area contributed by atoms with Gasteiger partial charge in [-0.15, -0.1) is 0 Å². The smallest absolute Gasteiger partial charge is 0.311 e. The molecular weight excluding hydrogens is 260 g/mol. The summed E-state index contributed by atoms with van der Waals surface area (Å²) in [7, 11) is 0. The van der Waals surface area contributed by atoms with Crippen LogP contribution in [0, 0.1) is 10.1 Å². The van der Waals surface area contributed by atoms with Crippen molar-refractivity contribution in [1.82, 2.24) is 4.98 Å². The van der Waals surface area contributed by atoms with Crippen molar-refractivity contribution in [3.63, 3.8) is 0 Å². The van der Waals surface area contributed by atoms with Crippen molar-refractivity contribution in [2.24, 2.45) is 0 Å². The van der Waals surface area contributed by atoms with Gasteiger partial charge in [0.2, 0.25) is 5.82 Å². The lowest BCUT2D eigenvalue weighted by atomic mass is 10.3. The second-order valence-corrected chi connectivity index (χ2v) is 4.24. The summed E-state index contributed by atoms with van der Waals surface area (Å²) in [5.41, 5.74) is -0.0276. The van der Waals surface area contributed by atoms with Crippen LogP contribution in [0.15, 0.2) is 12.1 Å². The third kappa shape index (κ3) is 5.40. The van der Waals surface area contributed by atoms with Crippen molar-refractivity contribution in [3.8, 4) is 0 Å². The van der Waals surface area contributed by atoms with E-state index in [1.165, 1.54) is 6.07 Å². The fourth-order valence-corrected chi connectivity index (χ4v) is 1.60. The number of aromatic nitrogens is 1. The largest absolute Gasteiger partial charge is 0.380 e. The number of hydrogen-bond acceptors (Lipinski definition) is 6. The Morgan fingerprint density at radius 2 is 2.10 bits per heavy atom. The Hall–Kier alpha value is -1.89. The maximum absolute atomic E-state index is 10.9. The first-order valence-corrected chi connectivity index (χ1v) is 6.90. The van der Waals surface area contributed by atoms with Gasteiger partial charge < -0.3 is 15.4 Å². The minimum absolute atomic E-state index is 0.0276. The average molecular weight is 282 g/mol. The Kier molecular flexibility index (Phi) is 7.34. The van der Waals surface area contributed by atoms with E-state index in [-0.39, 0.29) is 11.5 Å². The summed E-state index contributed by atoms with van der Waals surface area (Å²) < 4.78 is 5.40. The SMILES string of the molecule is CCCCOCCNc1nc(NCC)ccc1[N+](=O)[O-]. The molecule has 112 valence electrons. The standard InChI is InChI=1S/C13H22N4O3/c1-3-5-9-20-10-8-15-13-11(17(18)19)6-7-12(16-13)14-4-2/h6-7H,3-5,8-10H2,1-2H3,(H2,14,15,16). The van der Waals surface area contributed by atoms with E-state index in [0.29, 0.717) is 32.1 Å². The molecule has 7 nitrogen and oxygen atoms in total. The van der Waals surface area contributed by atoms with Gasteiger partial charge in [-0.05, 0) is 19.4 Å². The zero-order chi connectivity index (χ0) is 14.8. The first kappa shape index (κ1) is 16.2. The molecule has 7 heteroatoms. The molecule has 0 amide bonds. The molecule has 0 spiro atoms. The summed E-state index contributed by atoms with van der Waals surface area (Å²) >= 11 is 0. The van der Waals surface area contributed by atoms with Crippen LogP contribution >= 0.6 is 0 Å². The summed E-state index contributed by atoms with van der Waals surface area (Å²) in [6, 6.07) is 3.05. The molecule has 1 rings (SSSR count). The summed E-state index contributed by atoms with van der Waals surface area (Å²) in [4.78, 5) is 14.7. The number of pyridine rings is 1. The number of ether oxygens (including phenoxy) is 1. The fourth-order valence-electron chi connectivity index (χ4n) is 1.60. The Morgan fingerprint density at radius 3 is 2.75 bits per heavy atom. The quantitative estimate of drug-likeness (QED) is 0.389. The molecule has 1 aromatic rings. The number of hydrogen-bond donors (Lipinski definition) is 2. The lowest BCUT2D eigenvalue weighted by Gasteiger charge is -2.09. The zero-order valence-electron chi connectivity index (χ0n) is 12.0. The monoisotopic (exact) mass is 282 g/mol. The van der Waals surface area contributed by atoms with Gasteiger partial charge in [-0.3, -0.25) is 10.1 Å². The molecule has 0 unspecified atom stereocenters. The highest BCUT2D eigenvalue weighted by Gasteiger charge is 2.15. The number of nitrogens with one attached hydrogen (secondary N) is 2. The highest BCUT2D eigenvalue weighted by molar-refractivity contribution is 5.60. The van der Waals surface area contributed by atoms with Gasteiger partial charge in [-0.1, -0.05) is 13.3 Å². The second kappa shape index (κ2) is 9.08. The lowest BCUT2D eigenvalue weighted by Crippen LogP contribution is -2.13. The molecule has 0 aliphatic carbocycles. The van der Waals surface area contributed by atoms with Crippen molar-refractivity contribution >= 4 is 17.3 Å². The molecule has 0 radical (unpaired) electrons. The minimum atomic E-state index is -0.441. The molecule has 2 N–H and O–H groups in total. The van der Waals surface area contributed by atoms with Gasteiger partial charge in [-0.2, -0.15) is 0 Å². The van der Waals surface area contributed by atoms with Crippen LogP contribution in [0.25, 0.3) is 0 Å². The Bertz CT molecular complexity index is 426. The normalized spacial score (nSPS) is 10.3. The summed E-state index contributed by atoms with van der Waals surface area (Å²) in [5, 5.41) is 16.9. The Balaban J connectivity index is 2.56. The molecule has 0 atom stereocenters. The van der Waals surface area contributed by atoms with E-state index in [1.807, 2.05) is 6.92 Å². The van der Waals surface area contributed by atoms with Crippen LogP contribution in [0.4, 0.5) is 17.3 Å². The Morgan fingerprint density at radius 1 is 1.30 bits per heavy atom. The van der Waals surface area contributed by atoms with E-state index in [9.17, 15) is 10.1 Å². The highest BCUT2D eigenvalue weighted by Crippen LogP contribution is 2.23. The van der Waals surface area contributed by atoms with Crippen LogP contribution in [0.1, 0.15) is 26.7 Å². The average Bonchev–Trinajstić information content (AvgIpc) is 2.43.